The van der Waals surface area contributed by atoms with Gasteiger partial charge in [-0.1, -0.05) is 44.2 Å². The second-order valence-corrected chi connectivity index (χ2v) is 6.78. The Kier molecular flexibility index (Phi) is 6.40. The van der Waals surface area contributed by atoms with Crippen LogP contribution in [0.2, 0.25) is 0 Å². The number of fused-ring (bicyclic) bond motifs is 1. The average molecular weight is 357 g/mol. The topological polar surface area (TPSA) is 48.0 Å². The smallest absolute Gasteiger partial charge is 0.411 e. The third-order valence-corrected chi connectivity index (χ3v) is 4.91. The first-order valence-corrected chi connectivity index (χ1v) is 9.43. The molecular formula is C21H27NO4. The number of unbranched alkanes of at least 4 members (excludes halogenated alkanes) is 4. The normalized spacial score (nSPS) is 24.0. The zero-order valence-corrected chi connectivity index (χ0v) is 15.6. The van der Waals surface area contributed by atoms with Crippen LogP contribution < -0.4 is 4.74 Å². The van der Waals surface area contributed by atoms with E-state index in [-0.39, 0.29) is 24.3 Å². The molecule has 0 N–H and O–H groups in total. The molecule has 3 atom stereocenters. The van der Waals surface area contributed by atoms with Crippen LogP contribution >= 0.6 is 0 Å². The fourth-order valence-corrected chi connectivity index (χ4v) is 3.37. The molecule has 2 aliphatic heterocycles. The first-order valence-electron chi connectivity index (χ1n) is 9.43. The monoisotopic (exact) mass is 357 g/mol. The lowest BCUT2D eigenvalue weighted by Gasteiger charge is -2.19. The number of hydrogen-bond acceptors (Lipinski definition) is 4. The average Bonchev–Trinajstić information content (AvgIpc) is 3.18. The summed E-state index contributed by atoms with van der Waals surface area (Å²) in [4.78, 5) is 14.0. The van der Waals surface area contributed by atoms with Gasteiger partial charge in [-0.15, -0.1) is 5.92 Å². The molecule has 0 radical (unpaired) electrons. The van der Waals surface area contributed by atoms with Gasteiger partial charge in [0.05, 0.1) is 19.8 Å². The Morgan fingerprint density at radius 2 is 2.04 bits per heavy atom. The standard InChI is InChI=1S/C21H27NO4/c1-3-4-5-6-7-8-9-19-20-18(15-25-19)22(21(23)26-20)14-16-10-12-17(24-2)13-11-16/h10-13,18-20H,3-7,14-15H2,1-2H3/t18-,19-,20-/m0/s1. The second kappa shape index (κ2) is 8.95. The Bertz CT molecular complexity index is 661. The third-order valence-electron chi connectivity index (χ3n) is 4.91. The highest BCUT2D eigenvalue weighted by molar-refractivity contribution is 5.71. The van der Waals surface area contributed by atoms with Crippen LogP contribution in [0, 0.1) is 11.8 Å². The van der Waals surface area contributed by atoms with Crippen LogP contribution in [-0.4, -0.2) is 43.0 Å². The quantitative estimate of drug-likeness (QED) is 0.551. The summed E-state index contributed by atoms with van der Waals surface area (Å²) in [5.41, 5.74) is 1.04. The molecule has 2 saturated heterocycles. The zero-order valence-electron chi connectivity index (χ0n) is 15.6. The fraction of sp³-hybridized carbons (Fsp3) is 0.571. The van der Waals surface area contributed by atoms with Crippen molar-refractivity contribution in [3.63, 3.8) is 0 Å². The van der Waals surface area contributed by atoms with Crippen LogP contribution in [0.3, 0.4) is 0 Å². The predicted molar refractivity (Wildman–Crippen MR) is 98.9 cm³/mol. The maximum Gasteiger partial charge on any atom is 0.411 e. The highest BCUT2D eigenvalue weighted by atomic mass is 16.6. The number of methoxy groups -OCH3 is 1. The summed E-state index contributed by atoms with van der Waals surface area (Å²) in [5, 5.41) is 0. The Hall–Kier alpha value is -2.19. The number of carbonyl (C=O) groups is 1. The van der Waals surface area contributed by atoms with Crippen molar-refractivity contribution >= 4 is 6.09 Å². The minimum Gasteiger partial charge on any atom is -0.497 e. The Labute approximate surface area is 155 Å². The minimum absolute atomic E-state index is 0.0657. The van der Waals surface area contributed by atoms with E-state index in [9.17, 15) is 4.79 Å². The molecule has 3 rings (SSSR count). The summed E-state index contributed by atoms with van der Waals surface area (Å²) >= 11 is 0. The van der Waals surface area contributed by atoms with Crippen molar-refractivity contribution in [1.29, 1.82) is 0 Å². The number of ether oxygens (including phenoxy) is 3. The maximum absolute atomic E-state index is 12.3. The maximum atomic E-state index is 12.3. The largest absolute Gasteiger partial charge is 0.497 e. The van der Waals surface area contributed by atoms with Crippen molar-refractivity contribution in [3.05, 3.63) is 29.8 Å². The molecule has 0 spiro atoms. The molecule has 5 nitrogen and oxygen atoms in total. The molecule has 2 heterocycles. The molecule has 2 fully saturated rings. The van der Waals surface area contributed by atoms with Crippen LogP contribution in [0.15, 0.2) is 24.3 Å². The first kappa shape index (κ1) is 18.6. The third kappa shape index (κ3) is 4.31. The van der Waals surface area contributed by atoms with Crippen LogP contribution in [0.25, 0.3) is 0 Å². The van der Waals surface area contributed by atoms with Crippen LogP contribution in [0.1, 0.15) is 44.6 Å². The van der Waals surface area contributed by atoms with E-state index in [0.717, 1.165) is 24.2 Å². The Morgan fingerprint density at radius 1 is 1.23 bits per heavy atom. The van der Waals surface area contributed by atoms with Gasteiger partial charge in [0.2, 0.25) is 0 Å². The van der Waals surface area contributed by atoms with Gasteiger partial charge >= 0.3 is 6.09 Å². The number of nitrogens with zero attached hydrogens (tertiary/aromatic N) is 1. The van der Waals surface area contributed by atoms with Gasteiger partial charge < -0.3 is 14.2 Å². The van der Waals surface area contributed by atoms with E-state index in [1.54, 1.807) is 12.0 Å². The molecule has 1 aromatic rings. The fourth-order valence-electron chi connectivity index (χ4n) is 3.37. The molecule has 140 valence electrons. The number of hydrogen-bond donors (Lipinski definition) is 0. The molecule has 5 heteroatoms. The minimum atomic E-state index is -0.309. The lowest BCUT2D eigenvalue weighted by atomic mass is 10.1. The van der Waals surface area contributed by atoms with Crippen molar-refractivity contribution in [2.45, 2.75) is 63.8 Å². The molecule has 1 amide bonds. The molecule has 26 heavy (non-hydrogen) atoms. The molecule has 0 aromatic heterocycles. The van der Waals surface area contributed by atoms with E-state index in [0.29, 0.717) is 13.2 Å². The number of benzene rings is 1. The highest BCUT2D eigenvalue weighted by Gasteiger charge is 2.50. The van der Waals surface area contributed by atoms with Crippen molar-refractivity contribution in [1.82, 2.24) is 4.90 Å². The summed E-state index contributed by atoms with van der Waals surface area (Å²) in [5.74, 6) is 7.15. The molecule has 0 unspecified atom stereocenters. The van der Waals surface area contributed by atoms with Gasteiger partial charge in [-0.25, -0.2) is 4.79 Å². The summed E-state index contributed by atoms with van der Waals surface area (Å²) < 4.78 is 16.5. The number of carbonyl (C=O) groups excluding carboxylic acids is 1. The van der Waals surface area contributed by atoms with Gasteiger partial charge in [0.25, 0.3) is 0 Å². The molecule has 0 bridgehead atoms. The number of amides is 1. The van der Waals surface area contributed by atoms with Gasteiger partial charge in [-0.05, 0) is 24.1 Å². The van der Waals surface area contributed by atoms with Crippen LogP contribution in [0.4, 0.5) is 4.79 Å². The summed E-state index contributed by atoms with van der Waals surface area (Å²) in [6.45, 7) is 3.18. The summed E-state index contributed by atoms with van der Waals surface area (Å²) in [7, 11) is 1.64. The molecule has 0 aliphatic carbocycles. The zero-order chi connectivity index (χ0) is 18.4. The molecule has 0 saturated carbocycles. The predicted octanol–water partition coefficient (Wildman–Crippen LogP) is 3.76. The Balaban J connectivity index is 1.55. The van der Waals surface area contributed by atoms with E-state index >= 15 is 0 Å². The van der Waals surface area contributed by atoms with Gasteiger partial charge in [0.15, 0.2) is 12.2 Å². The van der Waals surface area contributed by atoms with Crippen molar-refractivity contribution < 1.29 is 19.0 Å². The Morgan fingerprint density at radius 3 is 2.77 bits per heavy atom. The second-order valence-electron chi connectivity index (χ2n) is 6.78. The van der Waals surface area contributed by atoms with Crippen molar-refractivity contribution in [2.24, 2.45) is 0 Å². The number of rotatable bonds is 7. The van der Waals surface area contributed by atoms with Crippen molar-refractivity contribution in [2.75, 3.05) is 13.7 Å². The van der Waals surface area contributed by atoms with Crippen LogP contribution in [-0.2, 0) is 16.0 Å². The molecular weight excluding hydrogens is 330 g/mol. The molecule has 2 aliphatic rings. The van der Waals surface area contributed by atoms with E-state index in [1.807, 2.05) is 24.3 Å². The van der Waals surface area contributed by atoms with E-state index in [2.05, 4.69) is 18.8 Å². The van der Waals surface area contributed by atoms with Crippen molar-refractivity contribution in [3.8, 4) is 17.6 Å². The summed E-state index contributed by atoms with van der Waals surface area (Å²) in [6.07, 6.45) is 4.81. The van der Waals surface area contributed by atoms with Gasteiger partial charge in [0, 0.05) is 13.0 Å². The first-order chi connectivity index (χ1) is 12.7. The van der Waals surface area contributed by atoms with E-state index in [1.165, 1.54) is 19.3 Å². The molecule has 1 aromatic carbocycles. The summed E-state index contributed by atoms with van der Waals surface area (Å²) in [6, 6.07) is 7.65. The SMILES string of the molecule is CCCCCCC#C[C@@H]1OC[C@H]2[C@@H]1OC(=O)N2Cc1ccc(OC)cc1. The van der Waals surface area contributed by atoms with Crippen LogP contribution in [0.5, 0.6) is 5.75 Å². The van der Waals surface area contributed by atoms with Gasteiger partial charge in [-0.3, -0.25) is 4.90 Å². The van der Waals surface area contributed by atoms with Gasteiger partial charge in [0.1, 0.15) is 5.75 Å². The lowest BCUT2D eigenvalue weighted by molar-refractivity contribution is 0.0582. The highest BCUT2D eigenvalue weighted by Crippen LogP contribution is 2.31. The van der Waals surface area contributed by atoms with E-state index < -0.39 is 0 Å². The lowest BCUT2D eigenvalue weighted by Crippen LogP contribution is -2.36. The van der Waals surface area contributed by atoms with Gasteiger partial charge in [-0.2, -0.15) is 0 Å². The van der Waals surface area contributed by atoms with E-state index in [4.69, 9.17) is 14.2 Å².